The van der Waals surface area contributed by atoms with Gasteiger partial charge in [-0.05, 0) is 44.4 Å². The lowest BCUT2D eigenvalue weighted by Crippen LogP contribution is -2.29. The van der Waals surface area contributed by atoms with E-state index in [4.69, 9.17) is 4.52 Å². The minimum absolute atomic E-state index is 0.0200. The van der Waals surface area contributed by atoms with Gasteiger partial charge in [-0.1, -0.05) is 41.6 Å². The number of aryl methyl sites for hydroxylation is 2. The van der Waals surface area contributed by atoms with Gasteiger partial charge in [0.15, 0.2) is 0 Å². The summed E-state index contributed by atoms with van der Waals surface area (Å²) in [6.45, 7) is 4.59. The zero-order chi connectivity index (χ0) is 19.5. The molecule has 1 saturated heterocycles. The molecule has 1 atom stereocenters. The van der Waals surface area contributed by atoms with E-state index in [0.29, 0.717) is 0 Å². The van der Waals surface area contributed by atoms with Gasteiger partial charge >= 0.3 is 0 Å². The Morgan fingerprint density at radius 2 is 2.00 bits per heavy atom. The SMILES string of the molecule is Cc1noc(C)c1-c1ccc(C2CCCN2C(=O)/C=C/c2ccccc2)nc1. The molecule has 1 unspecified atom stereocenters. The first kappa shape index (κ1) is 18.2. The molecule has 0 spiro atoms. The van der Waals surface area contributed by atoms with Crippen molar-refractivity contribution >= 4 is 12.0 Å². The van der Waals surface area contributed by atoms with Crippen LogP contribution in [-0.2, 0) is 4.79 Å². The van der Waals surface area contributed by atoms with E-state index in [-0.39, 0.29) is 11.9 Å². The molecule has 5 nitrogen and oxygen atoms in total. The van der Waals surface area contributed by atoms with Crippen molar-refractivity contribution in [2.45, 2.75) is 32.7 Å². The molecule has 1 aliphatic rings. The maximum Gasteiger partial charge on any atom is 0.247 e. The molecule has 3 aromatic rings. The van der Waals surface area contributed by atoms with Gasteiger partial charge in [0.2, 0.25) is 5.91 Å². The van der Waals surface area contributed by atoms with E-state index in [0.717, 1.165) is 53.2 Å². The third-order valence-corrected chi connectivity index (χ3v) is 5.20. The average molecular weight is 373 g/mol. The van der Waals surface area contributed by atoms with Gasteiger partial charge in [0, 0.05) is 29.9 Å². The van der Waals surface area contributed by atoms with Crippen LogP contribution in [0.3, 0.4) is 0 Å². The Balaban J connectivity index is 1.52. The highest BCUT2D eigenvalue weighted by Crippen LogP contribution is 2.33. The van der Waals surface area contributed by atoms with Crippen molar-refractivity contribution in [3.8, 4) is 11.1 Å². The molecule has 2 aromatic heterocycles. The highest BCUT2D eigenvalue weighted by atomic mass is 16.5. The van der Waals surface area contributed by atoms with Crippen LogP contribution in [-0.4, -0.2) is 27.5 Å². The van der Waals surface area contributed by atoms with Crippen molar-refractivity contribution in [2.24, 2.45) is 0 Å². The zero-order valence-corrected chi connectivity index (χ0v) is 16.1. The molecular formula is C23H23N3O2. The van der Waals surface area contributed by atoms with Gasteiger partial charge < -0.3 is 9.42 Å². The predicted molar refractivity (Wildman–Crippen MR) is 108 cm³/mol. The van der Waals surface area contributed by atoms with Crippen LogP contribution in [0.25, 0.3) is 17.2 Å². The number of benzene rings is 1. The number of aromatic nitrogens is 2. The molecule has 4 rings (SSSR count). The summed E-state index contributed by atoms with van der Waals surface area (Å²) in [4.78, 5) is 19.3. The Morgan fingerprint density at radius 1 is 1.18 bits per heavy atom. The number of pyridine rings is 1. The summed E-state index contributed by atoms with van der Waals surface area (Å²) in [5, 5.41) is 4.01. The molecule has 0 bridgehead atoms. The van der Waals surface area contributed by atoms with E-state index < -0.39 is 0 Å². The fourth-order valence-corrected chi connectivity index (χ4v) is 3.81. The minimum Gasteiger partial charge on any atom is -0.361 e. The topological polar surface area (TPSA) is 59.2 Å². The number of hydrogen-bond acceptors (Lipinski definition) is 4. The highest BCUT2D eigenvalue weighted by Gasteiger charge is 2.29. The molecule has 0 saturated carbocycles. The molecule has 1 aliphatic heterocycles. The second-order valence-corrected chi connectivity index (χ2v) is 7.10. The Kier molecular flexibility index (Phi) is 5.06. The van der Waals surface area contributed by atoms with Gasteiger partial charge in [-0.15, -0.1) is 0 Å². The highest BCUT2D eigenvalue weighted by molar-refractivity contribution is 5.92. The number of carbonyl (C=O) groups is 1. The quantitative estimate of drug-likeness (QED) is 0.620. The number of hydrogen-bond donors (Lipinski definition) is 0. The van der Waals surface area contributed by atoms with Crippen LogP contribution >= 0.6 is 0 Å². The van der Waals surface area contributed by atoms with E-state index in [9.17, 15) is 4.79 Å². The molecule has 3 heterocycles. The van der Waals surface area contributed by atoms with Gasteiger partial charge in [0.05, 0.1) is 17.4 Å². The Hall–Kier alpha value is -3.21. The third-order valence-electron chi connectivity index (χ3n) is 5.20. The van der Waals surface area contributed by atoms with Gasteiger partial charge in [-0.3, -0.25) is 9.78 Å². The molecule has 142 valence electrons. The number of nitrogens with zero attached hydrogens (tertiary/aromatic N) is 3. The van der Waals surface area contributed by atoms with Gasteiger partial charge in [-0.25, -0.2) is 0 Å². The maximum absolute atomic E-state index is 12.7. The average Bonchev–Trinajstić information content (AvgIpc) is 3.34. The summed E-state index contributed by atoms with van der Waals surface area (Å²) in [5.74, 6) is 0.818. The van der Waals surface area contributed by atoms with Crippen LogP contribution in [0.2, 0.25) is 0 Å². The van der Waals surface area contributed by atoms with Crippen LogP contribution in [0.1, 0.15) is 41.6 Å². The fraction of sp³-hybridized carbons (Fsp3) is 0.261. The van der Waals surface area contributed by atoms with Crippen molar-refractivity contribution in [2.75, 3.05) is 6.54 Å². The normalized spacial score (nSPS) is 16.8. The van der Waals surface area contributed by atoms with E-state index in [1.54, 1.807) is 6.08 Å². The van der Waals surface area contributed by atoms with Crippen molar-refractivity contribution < 1.29 is 9.32 Å². The Bertz CT molecular complexity index is 971. The van der Waals surface area contributed by atoms with E-state index >= 15 is 0 Å². The lowest BCUT2D eigenvalue weighted by molar-refractivity contribution is -0.126. The first-order valence-corrected chi connectivity index (χ1v) is 9.56. The lowest BCUT2D eigenvalue weighted by Gasteiger charge is -2.23. The summed E-state index contributed by atoms with van der Waals surface area (Å²) < 4.78 is 5.25. The first-order valence-electron chi connectivity index (χ1n) is 9.56. The molecule has 0 N–H and O–H groups in total. The van der Waals surface area contributed by atoms with E-state index in [1.807, 2.05) is 73.5 Å². The molecular weight excluding hydrogens is 350 g/mol. The van der Waals surface area contributed by atoms with Crippen LogP contribution in [0, 0.1) is 13.8 Å². The molecule has 1 amide bonds. The van der Waals surface area contributed by atoms with Crippen LogP contribution in [0.15, 0.2) is 59.3 Å². The van der Waals surface area contributed by atoms with E-state index in [2.05, 4.69) is 10.1 Å². The monoisotopic (exact) mass is 373 g/mol. The lowest BCUT2D eigenvalue weighted by atomic mass is 10.0. The summed E-state index contributed by atoms with van der Waals surface area (Å²) in [6, 6.07) is 13.9. The number of carbonyl (C=O) groups excluding carboxylic acids is 1. The standard InChI is InChI=1S/C23H23N3O2/c1-16-23(17(2)28-25-16)19-11-12-20(24-15-19)21-9-6-14-26(21)22(27)13-10-18-7-4-3-5-8-18/h3-5,7-8,10-13,15,21H,6,9,14H2,1-2H3/b13-10+. The predicted octanol–water partition coefficient (Wildman–Crippen LogP) is 4.73. The van der Waals surface area contributed by atoms with Crippen molar-refractivity contribution in [3.63, 3.8) is 0 Å². The molecule has 28 heavy (non-hydrogen) atoms. The number of rotatable bonds is 4. The molecule has 1 fully saturated rings. The van der Waals surface area contributed by atoms with Gasteiger partial charge in [0.25, 0.3) is 0 Å². The molecule has 1 aromatic carbocycles. The zero-order valence-electron chi connectivity index (χ0n) is 16.1. The van der Waals surface area contributed by atoms with Gasteiger partial charge in [0.1, 0.15) is 5.76 Å². The summed E-state index contributed by atoms with van der Waals surface area (Å²) in [5.41, 5.74) is 4.78. The number of likely N-dealkylation sites (tertiary alicyclic amines) is 1. The second-order valence-electron chi connectivity index (χ2n) is 7.10. The molecule has 5 heteroatoms. The minimum atomic E-state index is 0.0200. The first-order chi connectivity index (χ1) is 13.6. The fourth-order valence-electron chi connectivity index (χ4n) is 3.81. The third kappa shape index (κ3) is 3.60. The van der Waals surface area contributed by atoms with Crippen molar-refractivity contribution in [3.05, 3.63) is 77.4 Å². The van der Waals surface area contributed by atoms with Gasteiger partial charge in [-0.2, -0.15) is 0 Å². The number of amides is 1. The Morgan fingerprint density at radius 3 is 2.68 bits per heavy atom. The van der Waals surface area contributed by atoms with Crippen LogP contribution in [0.4, 0.5) is 0 Å². The summed E-state index contributed by atoms with van der Waals surface area (Å²) in [7, 11) is 0. The van der Waals surface area contributed by atoms with Crippen molar-refractivity contribution in [1.82, 2.24) is 15.0 Å². The Labute approximate surface area is 164 Å². The van der Waals surface area contributed by atoms with Crippen molar-refractivity contribution in [1.29, 1.82) is 0 Å². The molecule has 0 radical (unpaired) electrons. The van der Waals surface area contributed by atoms with Crippen LogP contribution < -0.4 is 0 Å². The summed E-state index contributed by atoms with van der Waals surface area (Å²) in [6.07, 6.45) is 7.30. The largest absolute Gasteiger partial charge is 0.361 e. The summed E-state index contributed by atoms with van der Waals surface area (Å²) >= 11 is 0. The second kappa shape index (κ2) is 7.80. The van der Waals surface area contributed by atoms with E-state index in [1.165, 1.54) is 0 Å². The smallest absolute Gasteiger partial charge is 0.247 e. The van der Waals surface area contributed by atoms with Crippen LogP contribution in [0.5, 0.6) is 0 Å². The maximum atomic E-state index is 12.7. The molecule has 0 aliphatic carbocycles.